The molecule has 0 unspecified atom stereocenters. The van der Waals surface area contributed by atoms with Crippen LogP contribution in [0.25, 0.3) is 10.9 Å². The van der Waals surface area contributed by atoms with Crippen molar-refractivity contribution in [2.24, 2.45) is 11.5 Å². The van der Waals surface area contributed by atoms with Crippen LogP contribution in [0.3, 0.4) is 0 Å². The molecule has 0 saturated carbocycles. The zero-order valence-corrected chi connectivity index (χ0v) is 9.94. The molecule has 2 rings (SSSR count). The molecule has 1 aromatic heterocycles. The number of rotatable bonds is 4. The number of hydrogen-bond donors (Lipinski definition) is 2. The van der Waals surface area contributed by atoms with Gasteiger partial charge in [0.2, 0.25) is 5.91 Å². The zero-order chi connectivity index (χ0) is 12.4. The van der Waals surface area contributed by atoms with Gasteiger partial charge in [-0.05, 0) is 37.1 Å². The average Bonchev–Trinajstić information content (AvgIpc) is 2.56. The number of fused-ring (bicyclic) bond motifs is 1. The van der Waals surface area contributed by atoms with Gasteiger partial charge in [0, 0.05) is 17.1 Å². The third kappa shape index (κ3) is 2.31. The lowest BCUT2D eigenvalue weighted by atomic mass is 10.1. The molecule has 4 nitrogen and oxygen atoms in total. The number of aromatic nitrogens is 1. The van der Waals surface area contributed by atoms with Gasteiger partial charge in [-0.25, -0.2) is 0 Å². The van der Waals surface area contributed by atoms with Crippen LogP contribution in [0, 0.1) is 6.92 Å². The Bertz CT molecular complexity index is 557. The Morgan fingerprint density at radius 1 is 1.41 bits per heavy atom. The van der Waals surface area contributed by atoms with Crippen molar-refractivity contribution in [1.82, 2.24) is 4.57 Å². The van der Waals surface area contributed by atoms with E-state index < -0.39 is 0 Å². The van der Waals surface area contributed by atoms with Crippen molar-refractivity contribution < 1.29 is 4.79 Å². The summed E-state index contributed by atoms with van der Waals surface area (Å²) < 4.78 is 1.90. The van der Waals surface area contributed by atoms with Crippen molar-refractivity contribution in [3.8, 4) is 0 Å². The average molecular weight is 231 g/mol. The van der Waals surface area contributed by atoms with Gasteiger partial charge >= 0.3 is 0 Å². The maximum absolute atomic E-state index is 11.0. The van der Waals surface area contributed by atoms with Crippen molar-refractivity contribution >= 4 is 16.8 Å². The molecule has 0 spiro atoms. The Morgan fingerprint density at radius 3 is 2.82 bits per heavy atom. The molecule has 4 heteroatoms. The molecule has 0 aliphatic heterocycles. The highest BCUT2D eigenvalue weighted by molar-refractivity contribution is 5.86. The Morgan fingerprint density at radius 2 is 2.18 bits per heavy atom. The summed E-state index contributed by atoms with van der Waals surface area (Å²) in [4.78, 5) is 11.0. The summed E-state index contributed by atoms with van der Waals surface area (Å²) in [6.45, 7) is 2.84. The number of hydrogen-bond acceptors (Lipinski definition) is 2. The van der Waals surface area contributed by atoms with Crippen molar-refractivity contribution in [2.75, 3.05) is 6.54 Å². The third-order valence-electron chi connectivity index (χ3n) is 2.86. The fourth-order valence-electron chi connectivity index (χ4n) is 2.13. The first kappa shape index (κ1) is 11.7. The number of nitrogens with two attached hydrogens (primary N) is 2. The van der Waals surface area contributed by atoms with Gasteiger partial charge in [-0.1, -0.05) is 12.1 Å². The van der Waals surface area contributed by atoms with E-state index in [2.05, 4.69) is 18.2 Å². The molecular formula is C13H17N3O. The van der Waals surface area contributed by atoms with Crippen LogP contribution in [0.2, 0.25) is 0 Å². The number of benzene rings is 1. The van der Waals surface area contributed by atoms with Crippen LogP contribution in [0.1, 0.15) is 11.1 Å². The van der Waals surface area contributed by atoms with Gasteiger partial charge < -0.3 is 16.0 Å². The molecule has 0 aliphatic carbocycles. The second kappa shape index (κ2) is 4.59. The Hall–Kier alpha value is -1.81. The van der Waals surface area contributed by atoms with Crippen LogP contribution in [0.5, 0.6) is 0 Å². The molecule has 4 N–H and O–H groups in total. The van der Waals surface area contributed by atoms with E-state index in [9.17, 15) is 4.79 Å². The van der Waals surface area contributed by atoms with Crippen LogP contribution >= 0.6 is 0 Å². The fourth-order valence-corrected chi connectivity index (χ4v) is 2.13. The first-order valence-corrected chi connectivity index (χ1v) is 5.68. The molecular weight excluding hydrogens is 214 g/mol. The van der Waals surface area contributed by atoms with Crippen LogP contribution in [-0.4, -0.2) is 17.0 Å². The molecule has 2 aromatic rings. The number of aryl methyl sites for hydroxylation is 1. The molecule has 1 heterocycles. The van der Waals surface area contributed by atoms with Crippen molar-refractivity contribution in [1.29, 1.82) is 0 Å². The van der Waals surface area contributed by atoms with Crippen molar-refractivity contribution in [3.63, 3.8) is 0 Å². The van der Waals surface area contributed by atoms with E-state index in [0.717, 1.165) is 17.3 Å². The monoisotopic (exact) mass is 231 g/mol. The molecule has 17 heavy (non-hydrogen) atoms. The molecule has 1 amide bonds. The van der Waals surface area contributed by atoms with Gasteiger partial charge in [0.15, 0.2) is 0 Å². The summed E-state index contributed by atoms with van der Waals surface area (Å²) in [5.41, 5.74) is 14.2. The van der Waals surface area contributed by atoms with Crippen LogP contribution < -0.4 is 11.5 Å². The van der Waals surface area contributed by atoms with Gasteiger partial charge in [0.1, 0.15) is 6.54 Å². The lowest BCUT2D eigenvalue weighted by molar-refractivity contribution is -0.118. The predicted octanol–water partition coefficient (Wildman–Crippen LogP) is 0.936. The van der Waals surface area contributed by atoms with Gasteiger partial charge in [0.05, 0.1) is 0 Å². The topological polar surface area (TPSA) is 74.0 Å². The zero-order valence-electron chi connectivity index (χ0n) is 9.94. The highest BCUT2D eigenvalue weighted by atomic mass is 16.1. The van der Waals surface area contributed by atoms with Gasteiger partial charge in [-0.15, -0.1) is 0 Å². The maximum atomic E-state index is 11.0. The quantitative estimate of drug-likeness (QED) is 0.821. The highest BCUT2D eigenvalue weighted by Gasteiger charge is 2.09. The van der Waals surface area contributed by atoms with Crippen LogP contribution in [0.4, 0.5) is 0 Å². The van der Waals surface area contributed by atoms with Gasteiger partial charge in [-0.2, -0.15) is 0 Å². The Labute approximate surface area is 100 Å². The summed E-state index contributed by atoms with van der Waals surface area (Å²) in [6.07, 6.45) is 2.78. The highest BCUT2D eigenvalue weighted by Crippen LogP contribution is 2.23. The molecule has 0 saturated heterocycles. The minimum atomic E-state index is -0.331. The molecule has 0 fully saturated rings. The second-order valence-electron chi connectivity index (χ2n) is 4.31. The minimum absolute atomic E-state index is 0.213. The Kier molecular flexibility index (Phi) is 3.15. The van der Waals surface area contributed by atoms with E-state index in [-0.39, 0.29) is 12.5 Å². The molecule has 1 aromatic carbocycles. The largest absolute Gasteiger partial charge is 0.368 e. The summed E-state index contributed by atoms with van der Waals surface area (Å²) >= 11 is 0. The second-order valence-corrected chi connectivity index (χ2v) is 4.31. The van der Waals surface area contributed by atoms with E-state index in [0.29, 0.717) is 6.54 Å². The van der Waals surface area contributed by atoms with Crippen LogP contribution in [-0.2, 0) is 17.8 Å². The Balaban J connectivity index is 2.57. The molecule has 0 radical (unpaired) electrons. The minimum Gasteiger partial charge on any atom is -0.368 e. The first-order chi connectivity index (χ1) is 8.11. The summed E-state index contributed by atoms with van der Waals surface area (Å²) in [7, 11) is 0. The number of carbonyl (C=O) groups excluding carboxylic acids is 1. The molecule has 0 bridgehead atoms. The van der Waals surface area contributed by atoms with Crippen molar-refractivity contribution in [2.45, 2.75) is 19.9 Å². The SMILES string of the molecule is Cc1ccc2c(CCN)cn(CC(N)=O)c2c1. The normalized spacial score (nSPS) is 10.9. The molecule has 0 atom stereocenters. The smallest absolute Gasteiger partial charge is 0.237 e. The molecule has 0 aliphatic rings. The van der Waals surface area contributed by atoms with Gasteiger partial charge in [-0.3, -0.25) is 4.79 Å². The number of carbonyl (C=O) groups is 1. The van der Waals surface area contributed by atoms with Crippen molar-refractivity contribution in [3.05, 3.63) is 35.5 Å². The van der Waals surface area contributed by atoms with E-state index in [1.54, 1.807) is 0 Å². The number of primary amides is 1. The van der Waals surface area contributed by atoms with E-state index >= 15 is 0 Å². The fraction of sp³-hybridized carbons (Fsp3) is 0.308. The van der Waals surface area contributed by atoms with Gasteiger partial charge in [0.25, 0.3) is 0 Å². The number of amides is 1. The first-order valence-electron chi connectivity index (χ1n) is 5.68. The number of nitrogens with zero attached hydrogens (tertiary/aromatic N) is 1. The van der Waals surface area contributed by atoms with E-state index in [1.165, 1.54) is 11.1 Å². The summed E-state index contributed by atoms with van der Waals surface area (Å²) in [5, 5.41) is 1.15. The standard InChI is InChI=1S/C13H17N3O/c1-9-2-3-11-10(4-5-14)7-16(8-13(15)17)12(11)6-9/h2-3,6-7H,4-5,8,14H2,1H3,(H2,15,17). The van der Waals surface area contributed by atoms with E-state index in [1.807, 2.05) is 17.7 Å². The maximum Gasteiger partial charge on any atom is 0.237 e. The lowest BCUT2D eigenvalue weighted by Crippen LogP contribution is -2.18. The predicted molar refractivity (Wildman–Crippen MR) is 68.6 cm³/mol. The summed E-state index contributed by atoms with van der Waals surface area (Å²) in [5.74, 6) is -0.331. The molecule has 90 valence electrons. The van der Waals surface area contributed by atoms with Crippen LogP contribution in [0.15, 0.2) is 24.4 Å². The lowest BCUT2D eigenvalue weighted by Gasteiger charge is -2.02. The van der Waals surface area contributed by atoms with E-state index in [4.69, 9.17) is 11.5 Å². The summed E-state index contributed by atoms with van der Waals surface area (Å²) in [6, 6.07) is 6.21. The third-order valence-corrected chi connectivity index (χ3v) is 2.86.